The van der Waals surface area contributed by atoms with Gasteiger partial charge in [0.1, 0.15) is 5.75 Å². The minimum absolute atomic E-state index is 0.0269. The first-order valence-electron chi connectivity index (χ1n) is 10.7. The van der Waals surface area contributed by atoms with Gasteiger partial charge in [-0.15, -0.1) is 0 Å². The number of carboxylic acids is 1. The fraction of sp³-hybridized carbons (Fsp3) is 0.417. The van der Waals surface area contributed by atoms with E-state index in [1.807, 2.05) is 6.92 Å². The van der Waals surface area contributed by atoms with Gasteiger partial charge in [0.25, 0.3) is 0 Å². The lowest BCUT2D eigenvalue weighted by Gasteiger charge is -2.18. The van der Waals surface area contributed by atoms with Crippen molar-refractivity contribution in [1.29, 1.82) is 0 Å². The van der Waals surface area contributed by atoms with Gasteiger partial charge in [-0.3, -0.25) is 5.32 Å². The molecule has 0 saturated carbocycles. The van der Waals surface area contributed by atoms with Gasteiger partial charge in [-0.1, -0.05) is 12.1 Å². The number of alkyl halides is 3. The summed E-state index contributed by atoms with van der Waals surface area (Å²) >= 11 is 0. The van der Waals surface area contributed by atoms with Crippen molar-refractivity contribution >= 4 is 17.7 Å². The van der Waals surface area contributed by atoms with Gasteiger partial charge < -0.3 is 19.3 Å². The van der Waals surface area contributed by atoms with E-state index in [-0.39, 0.29) is 31.2 Å². The number of hydrogen-bond donors (Lipinski definition) is 2. The third-order valence-corrected chi connectivity index (χ3v) is 4.62. The molecule has 0 aliphatic carbocycles. The Balaban J connectivity index is 1.99. The molecule has 1 amide bonds. The van der Waals surface area contributed by atoms with E-state index >= 15 is 0 Å². The summed E-state index contributed by atoms with van der Waals surface area (Å²) in [5.41, 5.74) is 0.787. The normalized spacial score (nSPS) is 12.3. The summed E-state index contributed by atoms with van der Waals surface area (Å²) < 4.78 is 54.1. The first-order valence-corrected chi connectivity index (χ1v) is 10.7. The molecule has 186 valence electrons. The molecule has 0 radical (unpaired) electrons. The van der Waals surface area contributed by atoms with E-state index in [2.05, 4.69) is 5.32 Å². The highest BCUT2D eigenvalue weighted by Gasteiger charge is 2.30. The molecule has 10 heteroatoms. The number of rotatable bonds is 11. The minimum atomic E-state index is -4.46. The maximum atomic E-state index is 12.6. The molecule has 34 heavy (non-hydrogen) atoms. The van der Waals surface area contributed by atoms with Crippen LogP contribution in [0.3, 0.4) is 0 Å². The van der Waals surface area contributed by atoms with E-state index in [0.29, 0.717) is 12.4 Å². The predicted molar refractivity (Wildman–Crippen MR) is 119 cm³/mol. The van der Waals surface area contributed by atoms with E-state index in [0.717, 1.165) is 35.4 Å². The zero-order valence-corrected chi connectivity index (χ0v) is 19.1. The van der Waals surface area contributed by atoms with Crippen LogP contribution in [0.15, 0.2) is 42.5 Å². The fourth-order valence-corrected chi connectivity index (χ4v) is 3.14. The zero-order chi connectivity index (χ0) is 25.3. The minimum Gasteiger partial charge on any atom is -0.494 e. The number of benzene rings is 2. The van der Waals surface area contributed by atoms with Crippen molar-refractivity contribution in [2.45, 2.75) is 52.0 Å². The number of hydrogen-bond acceptors (Lipinski definition) is 5. The summed E-state index contributed by atoms with van der Waals surface area (Å²) in [5, 5.41) is 11.8. The zero-order valence-electron chi connectivity index (χ0n) is 19.1. The lowest BCUT2D eigenvalue weighted by atomic mass is 10.0. The standard InChI is InChI=1S/C24H28F3NO6/c1-4-32-20-10-5-16(14-21(22(29)30)34-15(2)3)13-17(20)11-12-33-23(31)28-19-8-6-18(7-9-19)24(25,26)27/h5-10,13,15,21H,4,11-12,14H2,1-3H3,(H,28,31)(H,29,30). The number of anilines is 1. The quantitative estimate of drug-likeness (QED) is 0.450. The van der Waals surface area contributed by atoms with Crippen molar-refractivity contribution in [3.05, 3.63) is 59.2 Å². The number of carbonyl (C=O) groups excluding carboxylic acids is 1. The molecule has 2 rings (SSSR count). The Hall–Kier alpha value is -3.27. The van der Waals surface area contributed by atoms with E-state index < -0.39 is 29.9 Å². The lowest BCUT2D eigenvalue weighted by Crippen LogP contribution is -2.29. The number of carbonyl (C=O) groups is 2. The maximum absolute atomic E-state index is 12.6. The van der Waals surface area contributed by atoms with E-state index in [9.17, 15) is 27.9 Å². The fourth-order valence-electron chi connectivity index (χ4n) is 3.14. The van der Waals surface area contributed by atoms with Gasteiger partial charge in [0, 0.05) is 18.5 Å². The van der Waals surface area contributed by atoms with E-state index in [1.54, 1.807) is 32.0 Å². The van der Waals surface area contributed by atoms with Gasteiger partial charge in [-0.25, -0.2) is 9.59 Å². The van der Waals surface area contributed by atoms with Crippen LogP contribution in [0.4, 0.5) is 23.7 Å². The van der Waals surface area contributed by atoms with E-state index in [1.165, 1.54) is 0 Å². The number of carboxylic acid groups (broad SMARTS) is 1. The van der Waals surface area contributed by atoms with Gasteiger partial charge in [0.2, 0.25) is 0 Å². The van der Waals surface area contributed by atoms with Gasteiger partial charge in [-0.2, -0.15) is 13.2 Å². The Labute approximate surface area is 195 Å². The Morgan fingerprint density at radius 2 is 1.76 bits per heavy atom. The van der Waals surface area contributed by atoms with Crippen molar-refractivity contribution in [1.82, 2.24) is 0 Å². The number of halogens is 3. The first-order chi connectivity index (χ1) is 16.0. The third-order valence-electron chi connectivity index (χ3n) is 4.62. The predicted octanol–water partition coefficient (Wildman–Crippen LogP) is 5.32. The lowest BCUT2D eigenvalue weighted by molar-refractivity contribution is -0.153. The molecule has 0 fully saturated rings. The molecule has 2 aromatic carbocycles. The maximum Gasteiger partial charge on any atom is 0.416 e. The van der Waals surface area contributed by atoms with Gasteiger partial charge in [0.05, 0.1) is 24.9 Å². The Kier molecular flexibility index (Phi) is 9.73. The monoisotopic (exact) mass is 483 g/mol. The largest absolute Gasteiger partial charge is 0.494 e. The smallest absolute Gasteiger partial charge is 0.416 e. The van der Waals surface area contributed by atoms with Crippen LogP contribution >= 0.6 is 0 Å². The van der Waals surface area contributed by atoms with Crippen LogP contribution in [-0.2, 0) is 33.3 Å². The Morgan fingerprint density at radius 3 is 2.32 bits per heavy atom. The molecule has 0 spiro atoms. The van der Waals surface area contributed by atoms with E-state index in [4.69, 9.17) is 14.2 Å². The summed E-state index contributed by atoms with van der Waals surface area (Å²) in [5.74, 6) is -0.484. The Morgan fingerprint density at radius 1 is 1.09 bits per heavy atom. The summed E-state index contributed by atoms with van der Waals surface area (Å²) in [4.78, 5) is 23.5. The molecular formula is C24H28F3NO6. The molecule has 0 aliphatic heterocycles. The van der Waals surface area contributed by atoms with Crippen molar-refractivity contribution in [3.8, 4) is 5.75 Å². The van der Waals surface area contributed by atoms with Gasteiger partial charge in [0.15, 0.2) is 6.10 Å². The summed E-state index contributed by atoms with van der Waals surface area (Å²) in [6, 6.07) is 9.27. The van der Waals surface area contributed by atoms with Crippen LogP contribution in [0.2, 0.25) is 0 Å². The summed E-state index contributed by atoms with van der Waals surface area (Å²) in [6.45, 7) is 5.72. The van der Waals surface area contributed by atoms with Gasteiger partial charge >= 0.3 is 18.2 Å². The number of amides is 1. The summed E-state index contributed by atoms with van der Waals surface area (Å²) in [6.07, 6.45) is -6.09. The molecule has 0 saturated heterocycles. The van der Waals surface area contributed by atoms with Gasteiger partial charge in [-0.05, 0) is 62.2 Å². The first kappa shape index (κ1) is 27.0. The SMILES string of the molecule is CCOc1ccc(CC(OC(C)C)C(=O)O)cc1CCOC(=O)Nc1ccc(C(F)(F)F)cc1. The molecule has 2 N–H and O–H groups in total. The topological polar surface area (TPSA) is 94.1 Å². The molecule has 0 aromatic heterocycles. The summed E-state index contributed by atoms with van der Waals surface area (Å²) in [7, 11) is 0. The molecule has 1 atom stereocenters. The van der Waals surface area contributed by atoms with Crippen LogP contribution in [0, 0.1) is 0 Å². The van der Waals surface area contributed by atoms with Crippen LogP contribution < -0.4 is 10.1 Å². The molecule has 1 unspecified atom stereocenters. The highest BCUT2D eigenvalue weighted by molar-refractivity contribution is 5.84. The van der Waals surface area contributed by atoms with Crippen molar-refractivity contribution in [2.24, 2.45) is 0 Å². The number of ether oxygens (including phenoxy) is 3. The van der Waals surface area contributed by atoms with Crippen molar-refractivity contribution in [2.75, 3.05) is 18.5 Å². The van der Waals surface area contributed by atoms with Crippen molar-refractivity contribution in [3.63, 3.8) is 0 Å². The second-order valence-electron chi connectivity index (χ2n) is 7.68. The molecule has 0 heterocycles. The number of nitrogens with one attached hydrogen (secondary N) is 1. The number of aliphatic carboxylic acids is 1. The second kappa shape index (κ2) is 12.3. The average molecular weight is 483 g/mol. The third kappa shape index (κ3) is 8.58. The van der Waals surface area contributed by atoms with Crippen molar-refractivity contribution < 1.29 is 42.1 Å². The van der Waals surface area contributed by atoms with Crippen LogP contribution in [0.1, 0.15) is 37.5 Å². The highest BCUT2D eigenvalue weighted by Crippen LogP contribution is 2.30. The second-order valence-corrected chi connectivity index (χ2v) is 7.68. The average Bonchev–Trinajstić information content (AvgIpc) is 2.74. The Bertz CT molecular complexity index is 960. The molecule has 0 aliphatic rings. The molecule has 2 aromatic rings. The molecular weight excluding hydrogens is 455 g/mol. The van der Waals surface area contributed by atoms with Crippen LogP contribution in [0.5, 0.6) is 5.75 Å². The van der Waals surface area contributed by atoms with Crippen LogP contribution in [-0.4, -0.2) is 42.6 Å². The molecule has 0 bridgehead atoms. The highest BCUT2D eigenvalue weighted by atomic mass is 19.4. The molecule has 7 nitrogen and oxygen atoms in total. The van der Waals surface area contributed by atoms with Crippen LogP contribution in [0.25, 0.3) is 0 Å².